The molecule has 0 aromatic heterocycles. The van der Waals surface area contributed by atoms with Crippen LogP contribution in [0.25, 0.3) is 0 Å². The molecule has 2 N–H and O–H groups in total. The van der Waals surface area contributed by atoms with E-state index >= 15 is 0 Å². The van der Waals surface area contributed by atoms with Crippen molar-refractivity contribution in [3.05, 3.63) is 89.5 Å². The van der Waals surface area contributed by atoms with Gasteiger partial charge in [-0.1, -0.05) is 63.4 Å². The van der Waals surface area contributed by atoms with E-state index in [4.69, 9.17) is 9.47 Å². The predicted molar refractivity (Wildman–Crippen MR) is 208 cm³/mol. The van der Waals surface area contributed by atoms with Crippen LogP contribution in [0.5, 0.6) is 5.75 Å². The normalized spacial score (nSPS) is 14.4. The molecule has 3 amide bonds. The van der Waals surface area contributed by atoms with Gasteiger partial charge in [0, 0.05) is 49.0 Å². The van der Waals surface area contributed by atoms with E-state index in [9.17, 15) is 22.8 Å². The van der Waals surface area contributed by atoms with Crippen molar-refractivity contribution in [2.75, 3.05) is 32.6 Å². The number of carbonyl (C=O) groups excluding carboxylic acids is 3. The fourth-order valence-corrected chi connectivity index (χ4v) is 8.14. The zero-order valence-corrected chi connectivity index (χ0v) is 33.0. The number of nitrogens with one attached hydrogen (secondary N) is 2. The van der Waals surface area contributed by atoms with Gasteiger partial charge in [-0.15, -0.1) is 0 Å². The van der Waals surface area contributed by atoms with Gasteiger partial charge < -0.3 is 19.7 Å². The van der Waals surface area contributed by atoms with Crippen molar-refractivity contribution < 1.29 is 32.3 Å². The summed E-state index contributed by atoms with van der Waals surface area (Å²) >= 11 is 0. The summed E-state index contributed by atoms with van der Waals surface area (Å²) in [6.07, 6.45) is 5.11. The van der Waals surface area contributed by atoms with Crippen molar-refractivity contribution in [1.29, 1.82) is 0 Å². The quantitative estimate of drug-likeness (QED) is 0.164. The van der Waals surface area contributed by atoms with E-state index in [0.29, 0.717) is 25.1 Å². The van der Waals surface area contributed by atoms with E-state index < -0.39 is 33.7 Å². The molecule has 3 aromatic rings. The molecule has 1 fully saturated rings. The number of ether oxygens (including phenoxy) is 2. The van der Waals surface area contributed by atoms with Gasteiger partial charge in [-0.3, -0.25) is 14.9 Å². The molecule has 12 heteroatoms. The van der Waals surface area contributed by atoms with Gasteiger partial charge in [-0.05, 0) is 100 Å². The molecule has 4 rings (SSSR count). The third-order valence-corrected chi connectivity index (χ3v) is 11.1. The first-order valence-corrected chi connectivity index (χ1v) is 19.9. The third-order valence-electron chi connectivity index (χ3n) is 9.18. The van der Waals surface area contributed by atoms with Crippen LogP contribution in [0, 0.1) is 5.92 Å². The lowest BCUT2D eigenvalue weighted by atomic mass is 9.94. The average Bonchev–Trinajstić information content (AvgIpc) is 3.12. The first-order valence-electron chi connectivity index (χ1n) is 18.5. The highest BCUT2D eigenvalue weighted by Gasteiger charge is 2.28. The van der Waals surface area contributed by atoms with E-state index in [1.807, 2.05) is 44.2 Å². The first-order chi connectivity index (χ1) is 25.0. The van der Waals surface area contributed by atoms with Gasteiger partial charge in [0.25, 0.3) is 11.8 Å². The maximum Gasteiger partial charge on any atom is 0.412 e. The maximum atomic E-state index is 14.1. The molecule has 0 radical (unpaired) electrons. The molecule has 0 bridgehead atoms. The van der Waals surface area contributed by atoms with Gasteiger partial charge in [0.05, 0.1) is 12.0 Å². The Morgan fingerprint density at radius 3 is 2.15 bits per heavy atom. The number of anilines is 1. The van der Waals surface area contributed by atoms with E-state index in [2.05, 4.69) is 10.6 Å². The molecular formula is C41H56N4O7S. The van der Waals surface area contributed by atoms with E-state index in [-0.39, 0.29) is 46.1 Å². The van der Waals surface area contributed by atoms with Gasteiger partial charge in [0.15, 0.2) is 0 Å². The minimum Gasteiger partial charge on any atom is -0.497 e. The number of amides is 3. The lowest BCUT2D eigenvalue weighted by Gasteiger charge is -2.31. The first kappa shape index (κ1) is 41.3. The van der Waals surface area contributed by atoms with Crippen molar-refractivity contribution in [2.45, 2.75) is 102 Å². The largest absolute Gasteiger partial charge is 0.497 e. The highest BCUT2D eigenvalue weighted by molar-refractivity contribution is 7.89. The molecule has 288 valence electrons. The molecule has 53 heavy (non-hydrogen) atoms. The number of nitrogens with zero attached hydrogens (tertiary/aromatic N) is 2. The van der Waals surface area contributed by atoms with Crippen LogP contribution in [0.1, 0.15) is 99.4 Å². The van der Waals surface area contributed by atoms with Gasteiger partial charge in [0.2, 0.25) is 10.0 Å². The van der Waals surface area contributed by atoms with E-state index in [1.54, 1.807) is 57.0 Å². The van der Waals surface area contributed by atoms with Crippen LogP contribution >= 0.6 is 0 Å². The molecule has 3 aromatic carbocycles. The summed E-state index contributed by atoms with van der Waals surface area (Å²) in [7, 11) is -0.554. The Morgan fingerprint density at radius 1 is 0.906 bits per heavy atom. The number of rotatable bonds is 15. The minimum atomic E-state index is -3.86. The van der Waals surface area contributed by atoms with Crippen LogP contribution < -0.4 is 15.4 Å². The summed E-state index contributed by atoms with van der Waals surface area (Å²) in [4.78, 5) is 42.7. The monoisotopic (exact) mass is 748 g/mol. The van der Waals surface area contributed by atoms with Crippen LogP contribution in [-0.4, -0.2) is 80.5 Å². The second-order valence-electron chi connectivity index (χ2n) is 15.2. The molecular weight excluding hydrogens is 693 g/mol. The average molecular weight is 749 g/mol. The van der Waals surface area contributed by atoms with E-state index in [1.165, 1.54) is 29.6 Å². The van der Waals surface area contributed by atoms with Crippen molar-refractivity contribution in [2.24, 2.45) is 5.92 Å². The Labute approximate surface area is 315 Å². The highest BCUT2D eigenvalue weighted by atomic mass is 32.2. The van der Waals surface area contributed by atoms with Gasteiger partial charge in [0.1, 0.15) is 11.4 Å². The summed E-state index contributed by atoms with van der Waals surface area (Å²) in [5.41, 5.74) is 0.914. The summed E-state index contributed by atoms with van der Waals surface area (Å²) in [6.45, 7) is 9.62. The van der Waals surface area contributed by atoms with Crippen LogP contribution in [-0.2, 0) is 21.2 Å². The molecule has 1 aliphatic carbocycles. The number of benzene rings is 3. The molecule has 0 saturated heterocycles. The Morgan fingerprint density at radius 2 is 1.55 bits per heavy atom. The topological polar surface area (TPSA) is 134 Å². The summed E-state index contributed by atoms with van der Waals surface area (Å²) in [5.74, 6) is -0.0943. The Bertz CT molecular complexity index is 1780. The second-order valence-corrected chi connectivity index (χ2v) is 17.2. The second kappa shape index (κ2) is 18.6. The van der Waals surface area contributed by atoms with Crippen molar-refractivity contribution >= 4 is 33.6 Å². The van der Waals surface area contributed by atoms with E-state index in [0.717, 1.165) is 37.7 Å². The zero-order chi connectivity index (χ0) is 38.8. The molecule has 1 atom stereocenters. The summed E-state index contributed by atoms with van der Waals surface area (Å²) in [6, 6.07) is 20.2. The number of hydrogen-bond donors (Lipinski definition) is 2. The maximum absolute atomic E-state index is 14.1. The van der Waals surface area contributed by atoms with Crippen LogP contribution in [0.2, 0.25) is 0 Å². The number of hydrogen-bond acceptors (Lipinski definition) is 7. The molecule has 0 unspecified atom stereocenters. The summed E-state index contributed by atoms with van der Waals surface area (Å²) < 4.78 is 39.9. The molecule has 0 aliphatic heterocycles. The standard InChI is InChI=1S/C41H56N4O7S/c1-29(2)28-45(53(49,50)37-20-18-36(51-7)19-21-37)23-22-33(24-30-14-10-8-11-15-30)42-38(46)31-25-32(39(47)44(6)35-16-12-9-13-17-35)27-34(26-31)43-40(48)52-41(3,4)5/h8,10-11,14-15,18-21,25-27,29,33,35H,9,12-13,16-17,22-24,28H2,1-7H3,(H,42,46)(H,43,48)/t33-/m1/s1. The van der Waals surface area contributed by atoms with Crippen LogP contribution in [0.15, 0.2) is 77.7 Å². The van der Waals surface area contributed by atoms with Gasteiger partial charge in [-0.25, -0.2) is 13.2 Å². The van der Waals surface area contributed by atoms with Crippen molar-refractivity contribution in [1.82, 2.24) is 14.5 Å². The molecule has 0 heterocycles. The number of methoxy groups -OCH3 is 1. The molecule has 0 spiro atoms. The van der Waals surface area contributed by atoms with Crippen molar-refractivity contribution in [3.8, 4) is 5.75 Å². The molecule has 1 saturated carbocycles. The number of sulfonamides is 1. The number of carbonyl (C=O) groups is 3. The van der Waals surface area contributed by atoms with Gasteiger partial charge >= 0.3 is 6.09 Å². The fraction of sp³-hybridized carbons (Fsp3) is 0.488. The van der Waals surface area contributed by atoms with Crippen molar-refractivity contribution in [3.63, 3.8) is 0 Å². The van der Waals surface area contributed by atoms with Gasteiger partial charge in [-0.2, -0.15) is 4.31 Å². The third kappa shape index (κ3) is 12.3. The lowest BCUT2D eigenvalue weighted by molar-refractivity contribution is 0.0633. The SMILES string of the molecule is COc1ccc(S(=O)(=O)N(CC[C@H](Cc2ccccc2)NC(=O)c2cc(NC(=O)OC(C)(C)C)cc(C(=O)N(C)C3CCCCC3)c2)CC(C)C)cc1. The fourth-order valence-electron chi connectivity index (χ4n) is 6.52. The minimum absolute atomic E-state index is 0.0492. The Kier molecular flexibility index (Phi) is 14.5. The zero-order valence-electron chi connectivity index (χ0n) is 32.2. The van der Waals surface area contributed by atoms with Crippen LogP contribution in [0.4, 0.5) is 10.5 Å². The Balaban J connectivity index is 1.64. The predicted octanol–water partition coefficient (Wildman–Crippen LogP) is 7.53. The highest BCUT2D eigenvalue weighted by Crippen LogP contribution is 2.26. The smallest absolute Gasteiger partial charge is 0.412 e. The molecule has 11 nitrogen and oxygen atoms in total. The lowest BCUT2D eigenvalue weighted by Crippen LogP contribution is -2.42. The Hall–Kier alpha value is -4.42. The summed E-state index contributed by atoms with van der Waals surface area (Å²) in [5, 5.41) is 5.83. The van der Waals surface area contributed by atoms with Crippen LogP contribution in [0.3, 0.4) is 0 Å². The molecule has 1 aliphatic rings.